The number of hydrogen-bond acceptors (Lipinski definition) is 3. The van der Waals surface area contributed by atoms with Gasteiger partial charge in [-0.3, -0.25) is 0 Å². The Hall–Kier alpha value is -1.06. The molecule has 1 fully saturated rings. The van der Waals surface area contributed by atoms with E-state index >= 15 is 0 Å². The molecule has 3 nitrogen and oxygen atoms in total. The lowest BCUT2D eigenvalue weighted by molar-refractivity contribution is 0.303. The summed E-state index contributed by atoms with van der Waals surface area (Å²) in [5, 5.41) is 4.08. The van der Waals surface area contributed by atoms with E-state index in [1.165, 1.54) is 24.8 Å². The smallest absolute Gasteiger partial charge is 0.171 e. The summed E-state index contributed by atoms with van der Waals surface area (Å²) in [5.41, 5.74) is 2.49. The van der Waals surface area contributed by atoms with Crippen molar-refractivity contribution in [3.63, 3.8) is 0 Å². The van der Waals surface area contributed by atoms with Crippen LogP contribution in [0.4, 0.5) is 0 Å². The average Bonchev–Trinajstić information content (AvgIpc) is 2.47. The molecule has 1 aromatic rings. The second kappa shape index (κ2) is 5.51. The lowest BCUT2D eigenvalue weighted by Gasteiger charge is -2.37. The number of rotatable bonds is 2. The first-order chi connectivity index (χ1) is 9.29. The number of methoxy groups -OCH3 is 1. The Bertz CT molecular complexity index is 501. The number of pyridine rings is 1. The third kappa shape index (κ3) is 2.49. The van der Waals surface area contributed by atoms with E-state index in [1.54, 1.807) is 7.11 Å². The first-order valence-electron chi connectivity index (χ1n) is 6.93. The van der Waals surface area contributed by atoms with Gasteiger partial charge in [0.1, 0.15) is 0 Å². The zero-order valence-corrected chi connectivity index (χ0v) is 11.9. The quantitative estimate of drug-likeness (QED) is 0.843. The Morgan fingerprint density at radius 3 is 3.16 bits per heavy atom. The van der Waals surface area contributed by atoms with Crippen LogP contribution in [-0.4, -0.2) is 24.7 Å². The molecular weight excluding hydrogens is 260 g/mol. The van der Waals surface area contributed by atoms with Crippen LogP contribution in [0.25, 0.3) is 5.57 Å². The molecule has 1 saturated heterocycles. The highest BCUT2D eigenvalue weighted by molar-refractivity contribution is 6.30. The van der Waals surface area contributed by atoms with Crippen molar-refractivity contribution in [3.05, 3.63) is 29.1 Å². The highest BCUT2D eigenvalue weighted by Crippen LogP contribution is 2.37. The van der Waals surface area contributed by atoms with Crippen LogP contribution in [0.1, 0.15) is 31.2 Å². The van der Waals surface area contributed by atoms with Gasteiger partial charge in [-0.05, 0) is 49.8 Å². The second-order valence-electron chi connectivity index (χ2n) is 5.29. The molecule has 2 aliphatic rings. The molecule has 4 heteroatoms. The van der Waals surface area contributed by atoms with Crippen molar-refractivity contribution in [2.45, 2.75) is 31.7 Å². The van der Waals surface area contributed by atoms with E-state index in [0.717, 1.165) is 24.4 Å². The van der Waals surface area contributed by atoms with Crippen molar-refractivity contribution >= 4 is 17.2 Å². The van der Waals surface area contributed by atoms with Gasteiger partial charge in [-0.15, -0.1) is 0 Å². The molecule has 1 aliphatic carbocycles. The second-order valence-corrected chi connectivity index (χ2v) is 5.65. The molecule has 0 saturated carbocycles. The first kappa shape index (κ1) is 12.9. The van der Waals surface area contributed by atoms with Gasteiger partial charge in [0.2, 0.25) is 0 Å². The van der Waals surface area contributed by atoms with Crippen LogP contribution in [0.5, 0.6) is 5.75 Å². The minimum Gasteiger partial charge on any atom is -0.494 e. The number of hydrogen-bond donors (Lipinski definition) is 1. The van der Waals surface area contributed by atoms with Crippen LogP contribution in [0, 0.1) is 5.92 Å². The summed E-state index contributed by atoms with van der Waals surface area (Å²) in [4.78, 5) is 4.23. The predicted molar refractivity (Wildman–Crippen MR) is 77.5 cm³/mol. The number of piperidine rings is 1. The van der Waals surface area contributed by atoms with Gasteiger partial charge < -0.3 is 10.1 Å². The van der Waals surface area contributed by atoms with E-state index in [4.69, 9.17) is 16.3 Å². The molecule has 0 amide bonds. The van der Waals surface area contributed by atoms with Crippen LogP contribution in [-0.2, 0) is 0 Å². The van der Waals surface area contributed by atoms with Gasteiger partial charge in [0.15, 0.2) is 10.9 Å². The maximum absolute atomic E-state index is 6.00. The summed E-state index contributed by atoms with van der Waals surface area (Å²) >= 11 is 6.00. The molecule has 2 heterocycles. The van der Waals surface area contributed by atoms with E-state index in [1.807, 2.05) is 12.3 Å². The van der Waals surface area contributed by atoms with Crippen LogP contribution < -0.4 is 10.1 Å². The van der Waals surface area contributed by atoms with Crippen molar-refractivity contribution in [1.82, 2.24) is 10.3 Å². The SMILES string of the molecule is COc1cc(C2=CCC[C@H]3CCCN[C@@H]23)cnc1Cl. The Morgan fingerprint density at radius 1 is 1.42 bits per heavy atom. The Kier molecular flexibility index (Phi) is 3.76. The Morgan fingerprint density at radius 2 is 2.32 bits per heavy atom. The monoisotopic (exact) mass is 278 g/mol. The first-order valence-corrected chi connectivity index (χ1v) is 7.30. The van der Waals surface area contributed by atoms with E-state index in [-0.39, 0.29) is 0 Å². The topological polar surface area (TPSA) is 34.1 Å². The van der Waals surface area contributed by atoms with Gasteiger partial charge >= 0.3 is 0 Å². The molecule has 0 spiro atoms. The summed E-state index contributed by atoms with van der Waals surface area (Å²) in [6, 6.07) is 2.47. The number of allylic oxidation sites excluding steroid dienone is 1. The lowest BCUT2D eigenvalue weighted by atomic mass is 9.77. The van der Waals surface area contributed by atoms with Crippen LogP contribution >= 0.6 is 11.6 Å². The number of aromatic nitrogens is 1. The van der Waals surface area contributed by atoms with Gasteiger partial charge in [-0.2, -0.15) is 0 Å². The highest BCUT2D eigenvalue weighted by Gasteiger charge is 2.30. The molecule has 0 unspecified atom stereocenters. The number of nitrogens with one attached hydrogen (secondary N) is 1. The molecule has 3 rings (SSSR count). The summed E-state index contributed by atoms with van der Waals surface area (Å²) in [5.74, 6) is 1.41. The molecule has 1 N–H and O–H groups in total. The molecule has 19 heavy (non-hydrogen) atoms. The minimum atomic E-state index is 0.427. The van der Waals surface area contributed by atoms with Crippen molar-refractivity contribution in [3.8, 4) is 5.75 Å². The molecular formula is C15H19ClN2O. The zero-order valence-electron chi connectivity index (χ0n) is 11.2. The predicted octanol–water partition coefficient (Wildman–Crippen LogP) is 3.29. The van der Waals surface area contributed by atoms with Crippen molar-refractivity contribution < 1.29 is 4.74 Å². The third-order valence-corrected chi connectivity index (χ3v) is 4.47. The van der Waals surface area contributed by atoms with Crippen LogP contribution in [0.2, 0.25) is 5.15 Å². The maximum Gasteiger partial charge on any atom is 0.171 e. The fraction of sp³-hybridized carbons (Fsp3) is 0.533. The number of halogens is 1. The molecule has 0 aromatic carbocycles. The van der Waals surface area contributed by atoms with Crippen molar-refractivity contribution in [2.75, 3.05) is 13.7 Å². The zero-order chi connectivity index (χ0) is 13.2. The largest absolute Gasteiger partial charge is 0.494 e. The van der Waals surface area contributed by atoms with E-state index in [2.05, 4.69) is 16.4 Å². The van der Waals surface area contributed by atoms with Crippen LogP contribution in [0.15, 0.2) is 18.3 Å². The van der Waals surface area contributed by atoms with Gasteiger partial charge in [-0.1, -0.05) is 17.7 Å². The Labute approximate surface area is 119 Å². The molecule has 2 atom stereocenters. The van der Waals surface area contributed by atoms with Gasteiger partial charge in [0.05, 0.1) is 7.11 Å². The summed E-state index contributed by atoms with van der Waals surface area (Å²) in [7, 11) is 1.63. The molecule has 0 bridgehead atoms. The molecule has 1 aromatic heterocycles. The van der Waals surface area contributed by atoms with Gasteiger partial charge in [-0.25, -0.2) is 4.98 Å². The summed E-state index contributed by atoms with van der Waals surface area (Å²) in [6.07, 6.45) is 9.26. The van der Waals surface area contributed by atoms with Crippen LogP contribution in [0.3, 0.4) is 0 Å². The van der Waals surface area contributed by atoms with Gasteiger partial charge in [0.25, 0.3) is 0 Å². The average molecular weight is 279 g/mol. The lowest BCUT2D eigenvalue weighted by Crippen LogP contribution is -2.43. The molecule has 102 valence electrons. The molecule has 1 aliphatic heterocycles. The summed E-state index contributed by atoms with van der Waals surface area (Å²) < 4.78 is 5.27. The van der Waals surface area contributed by atoms with Crippen molar-refractivity contribution in [1.29, 1.82) is 0 Å². The minimum absolute atomic E-state index is 0.427. The van der Waals surface area contributed by atoms with E-state index in [0.29, 0.717) is 16.9 Å². The van der Waals surface area contributed by atoms with E-state index < -0.39 is 0 Å². The summed E-state index contributed by atoms with van der Waals surface area (Å²) in [6.45, 7) is 1.11. The maximum atomic E-state index is 6.00. The molecule has 0 radical (unpaired) electrons. The number of nitrogens with zero attached hydrogens (tertiary/aromatic N) is 1. The fourth-order valence-corrected chi connectivity index (χ4v) is 3.42. The number of ether oxygens (including phenoxy) is 1. The van der Waals surface area contributed by atoms with Gasteiger partial charge in [0, 0.05) is 17.8 Å². The standard InChI is InChI=1S/C15H19ClN2O/c1-19-13-8-11(9-18-15(13)16)12-6-2-4-10-5-3-7-17-14(10)12/h6,8-10,14,17H,2-5,7H2,1H3/t10-,14+/m0/s1. The number of fused-ring (bicyclic) bond motifs is 1. The van der Waals surface area contributed by atoms with Crippen molar-refractivity contribution in [2.24, 2.45) is 5.92 Å². The highest BCUT2D eigenvalue weighted by atomic mass is 35.5. The third-order valence-electron chi connectivity index (χ3n) is 4.18. The normalized spacial score (nSPS) is 26.5. The fourth-order valence-electron chi connectivity index (χ4n) is 3.24. The van der Waals surface area contributed by atoms with E-state index in [9.17, 15) is 0 Å². The Balaban J connectivity index is 1.94.